The number of aromatic nitrogens is 2. The zero-order valence-corrected chi connectivity index (χ0v) is 11.0. The molecule has 1 atom stereocenters. The summed E-state index contributed by atoms with van der Waals surface area (Å²) in [6.07, 6.45) is 7.84. The first kappa shape index (κ1) is 13.2. The second-order valence-corrected chi connectivity index (χ2v) is 4.48. The van der Waals surface area contributed by atoms with E-state index in [0.717, 1.165) is 12.5 Å². The van der Waals surface area contributed by atoms with Gasteiger partial charge in [0.25, 0.3) is 0 Å². The fourth-order valence-corrected chi connectivity index (χ4v) is 2.16. The first-order valence-corrected chi connectivity index (χ1v) is 6.43. The number of aryl methyl sites for hydroxylation is 1. The van der Waals surface area contributed by atoms with E-state index in [-0.39, 0.29) is 0 Å². The molecule has 1 rings (SSSR count). The average Bonchev–Trinajstić information content (AvgIpc) is 2.71. The number of hydrogen-bond donors (Lipinski definition) is 1. The summed E-state index contributed by atoms with van der Waals surface area (Å²) >= 11 is 0. The maximum absolute atomic E-state index is 4.26. The Morgan fingerprint density at radius 2 is 2.00 bits per heavy atom. The monoisotopic (exact) mass is 223 g/mol. The molecule has 0 aromatic carbocycles. The molecule has 0 aliphatic heterocycles. The van der Waals surface area contributed by atoms with E-state index in [4.69, 9.17) is 0 Å². The Hall–Kier alpha value is -0.830. The van der Waals surface area contributed by atoms with Crippen molar-refractivity contribution in [1.29, 1.82) is 0 Å². The van der Waals surface area contributed by atoms with Crippen molar-refractivity contribution >= 4 is 0 Å². The Morgan fingerprint density at radius 1 is 1.31 bits per heavy atom. The Kier molecular flexibility index (Phi) is 5.53. The summed E-state index contributed by atoms with van der Waals surface area (Å²) in [5.41, 5.74) is 1.32. The molecule has 92 valence electrons. The Balaban J connectivity index is 2.66. The van der Waals surface area contributed by atoms with Crippen LogP contribution in [0.25, 0.3) is 0 Å². The lowest BCUT2D eigenvalue weighted by molar-refractivity contribution is 0.375. The minimum atomic E-state index is 0.462. The third kappa shape index (κ3) is 3.63. The summed E-state index contributed by atoms with van der Waals surface area (Å²) in [5, 5.41) is 7.81. The normalized spacial score (nSPS) is 13.3. The van der Waals surface area contributed by atoms with E-state index in [0.29, 0.717) is 6.04 Å². The maximum atomic E-state index is 4.26. The maximum Gasteiger partial charge on any atom is 0.0537 e. The number of nitrogens with zero attached hydrogens (tertiary/aromatic N) is 2. The summed E-state index contributed by atoms with van der Waals surface area (Å²) in [5.74, 6) is 0.809. The van der Waals surface area contributed by atoms with E-state index < -0.39 is 0 Å². The van der Waals surface area contributed by atoms with Crippen molar-refractivity contribution in [3.63, 3.8) is 0 Å². The molecule has 3 heteroatoms. The van der Waals surface area contributed by atoms with Gasteiger partial charge in [0.2, 0.25) is 0 Å². The lowest BCUT2D eigenvalue weighted by Gasteiger charge is -2.21. The molecule has 0 saturated carbocycles. The van der Waals surface area contributed by atoms with Crippen LogP contribution in [0.1, 0.15) is 51.6 Å². The fraction of sp³-hybridized carbons (Fsp3) is 0.769. The third-order valence-corrected chi connectivity index (χ3v) is 3.30. The zero-order valence-electron chi connectivity index (χ0n) is 11.0. The highest BCUT2D eigenvalue weighted by Gasteiger charge is 2.16. The van der Waals surface area contributed by atoms with Gasteiger partial charge < -0.3 is 5.32 Å². The van der Waals surface area contributed by atoms with Crippen molar-refractivity contribution < 1.29 is 0 Å². The molecule has 16 heavy (non-hydrogen) atoms. The highest BCUT2D eigenvalue weighted by Crippen LogP contribution is 2.24. The summed E-state index contributed by atoms with van der Waals surface area (Å²) in [6.45, 7) is 7.73. The number of rotatable bonds is 7. The molecule has 1 aromatic heterocycles. The van der Waals surface area contributed by atoms with Gasteiger partial charge in [-0.1, -0.05) is 33.6 Å². The largest absolute Gasteiger partial charge is 0.310 e. The van der Waals surface area contributed by atoms with Crippen molar-refractivity contribution in [2.45, 2.75) is 46.1 Å². The van der Waals surface area contributed by atoms with E-state index in [1.165, 1.54) is 24.8 Å². The van der Waals surface area contributed by atoms with Crippen LogP contribution < -0.4 is 5.32 Å². The van der Waals surface area contributed by atoms with Gasteiger partial charge in [0, 0.05) is 24.8 Å². The zero-order chi connectivity index (χ0) is 12.0. The van der Waals surface area contributed by atoms with Crippen molar-refractivity contribution in [3.8, 4) is 0 Å². The summed E-state index contributed by atoms with van der Waals surface area (Å²) in [6, 6.07) is 0.462. The molecule has 1 aromatic rings. The molecule has 3 nitrogen and oxygen atoms in total. The van der Waals surface area contributed by atoms with Crippen LogP contribution in [0.3, 0.4) is 0 Å². The molecule has 0 fully saturated rings. The highest BCUT2D eigenvalue weighted by atomic mass is 15.2. The summed E-state index contributed by atoms with van der Waals surface area (Å²) < 4.78 is 1.88. The van der Waals surface area contributed by atoms with Crippen LogP contribution in [0.2, 0.25) is 0 Å². The summed E-state index contributed by atoms with van der Waals surface area (Å²) in [4.78, 5) is 0. The number of hydrogen-bond acceptors (Lipinski definition) is 2. The van der Waals surface area contributed by atoms with Crippen molar-refractivity contribution in [2.75, 3.05) is 6.54 Å². The predicted molar refractivity (Wildman–Crippen MR) is 68.3 cm³/mol. The second-order valence-electron chi connectivity index (χ2n) is 4.48. The molecule has 1 N–H and O–H groups in total. The Bertz CT molecular complexity index is 289. The second kappa shape index (κ2) is 6.69. The van der Waals surface area contributed by atoms with Gasteiger partial charge in [0.15, 0.2) is 0 Å². The quantitative estimate of drug-likeness (QED) is 0.770. The van der Waals surface area contributed by atoms with Gasteiger partial charge in [-0.25, -0.2) is 0 Å². The molecule has 0 saturated heterocycles. The van der Waals surface area contributed by atoms with Crippen molar-refractivity contribution in [1.82, 2.24) is 15.1 Å². The van der Waals surface area contributed by atoms with E-state index in [1.807, 2.05) is 17.9 Å². The Morgan fingerprint density at radius 3 is 2.44 bits per heavy atom. The van der Waals surface area contributed by atoms with E-state index in [2.05, 4.69) is 37.4 Å². The summed E-state index contributed by atoms with van der Waals surface area (Å²) in [7, 11) is 1.98. The topological polar surface area (TPSA) is 29.9 Å². The van der Waals surface area contributed by atoms with Gasteiger partial charge >= 0.3 is 0 Å². The van der Waals surface area contributed by atoms with Crippen LogP contribution in [-0.2, 0) is 7.05 Å². The van der Waals surface area contributed by atoms with Crippen LogP contribution in [0.4, 0.5) is 0 Å². The molecule has 0 spiro atoms. The first-order valence-electron chi connectivity index (χ1n) is 6.43. The molecule has 1 heterocycles. The van der Waals surface area contributed by atoms with Crippen molar-refractivity contribution in [3.05, 3.63) is 18.0 Å². The van der Waals surface area contributed by atoms with Gasteiger partial charge in [-0.3, -0.25) is 4.68 Å². The smallest absolute Gasteiger partial charge is 0.0537 e. The molecular weight excluding hydrogens is 198 g/mol. The molecule has 0 bridgehead atoms. The lowest BCUT2D eigenvalue weighted by atomic mass is 9.92. The molecule has 0 radical (unpaired) electrons. The molecule has 0 aliphatic rings. The van der Waals surface area contributed by atoms with Crippen LogP contribution in [0, 0.1) is 5.92 Å². The van der Waals surface area contributed by atoms with E-state index >= 15 is 0 Å². The van der Waals surface area contributed by atoms with Gasteiger partial charge in [-0.2, -0.15) is 5.10 Å². The van der Waals surface area contributed by atoms with Gasteiger partial charge in [0.05, 0.1) is 6.20 Å². The predicted octanol–water partition coefficient (Wildman–Crippen LogP) is 2.90. The molecule has 1 unspecified atom stereocenters. The Labute approximate surface area is 99.2 Å². The molecule has 0 aliphatic carbocycles. The molecule has 0 amide bonds. The first-order chi connectivity index (χ1) is 7.71. The standard InChI is InChI=1S/C13H25N3/c1-5-11(6-2)8-13(14-7-3)12-9-15-16(4)10-12/h9-11,13-14H,5-8H2,1-4H3. The van der Waals surface area contributed by atoms with E-state index in [1.54, 1.807) is 0 Å². The minimum absolute atomic E-state index is 0.462. The SMILES string of the molecule is CCNC(CC(CC)CC)c1cnn(C)c1. The van der Waals surface area contributed by atoms with Gasteiger partial charge in [0.1, 0.15) is 0 Å². The van der Waals surface area contributed by atoms with Gasteiger partial charge in [-0.15, -0.1) is 0 Å². The highest BCUT2D eigenvalue weighted by molar-refractivity contribution is 5.10. The fourth-order valence-electron chi connectivity index (χ4n) is 2.16. The van der Waals surface area contributed by atoms with Crippen LogP contribution >= 0.6 is 0 Å². The minimum Gasteiger partial charge on any atom is -0.310 e. The number of nitrogens with one attached hydrogen (secondary N) is 1. The van der Waals surface area contributed by atoms with E-state index in [9.17, 15) is 0 Å². The average molecular weight is 223 g/mol. The van der Waals surface area contributed by atoms with Crippen LogP contribution in [0.5, 0.6) is 0 Å². The lowest BCUT2D eigenvalue weighted by Crippen LogP contribution is -2.23. The third-order valence-electron chi connectivity index (χ3n) is 3.30. The van der Waals surface area contributed by atoms with Crippen LogP contribution in [0.15, 0.2) is 12.4 Å². The van der Waals surface area contributed by atoms with Gasteiger partial charge in [-0.05, 0) is 18.9 Å². The molecular formula is C13H25N3. The van der Waals surface area contributed by atoms with Crippen LogP contribution in [-0.4, -0.2) is 16.3 Å². The van der Waals surface area contributed by atoms with Crippen molar-refractivity contribution in [2.24, 2.45) is 13.0 Å².